The van der Waals surface area contributed by atoms with E-state index < -0.39 is 0 Å². The molecule has 0 amide bonds. The van der Waals surface area contributed by atoms with Crippen molar-refractivity contribution in [3.63, 3.8) is 0 Å². The molecule has 4 nitrogen and oxygen atoms in total. The average molecular weight is 276 g/mol. The van der Waals surface area contributed by atoms with E-state index in [0.29, 0.717) is 12.0 Å². The van der Waals surface area contributed by atoms with Gasteiger partial charge in [0.05, 0.1) is 0 Å². The molecule has 1 unspecified atom stereocenters. The minimum Gasteiger partial charge on any atom is -0.370 e. The lowest BCUT2D eigenvalue weighted by Crippen LogP contribution is -2.30. The molecule has 1 atom stereocenters. The van der Waals surface area contributed by atoms with Crippen molar-refractivity contribution >= 4 is 11.6 Å². The summed E-state index contributed by atoms with van der Waals surface area (Å²) in [5.74, 6) is 3.72. The monoisotopic (exact) mass is 276 g/mol. The Morgan fingerprint density at radius 2 is 2.00 bits per heavy atom. The van der Waals surface area contributed by atoms with Gasteiger partial charge in [-0.1, -0.05) is 13.3 Å². The van der Waals surface area contributed by atoms with Crippen LogP contribution in [-0.2, 0) is 0 Å². The summed E-state index contributed by atoms with van der Waals surface area (Å²) in [5, 5.41) is 3.39. The summed E-state index contributed by atoms with van der Waals surface area (Å²) < 4.78 is 0. The molecular weight excluding hydrogens is 248 g/mol. The van der Waals surface area contributed by atoms with E-state index in [1.165, 1.54) is 31.2 Å². The first-order chi connectivity index (χ1) is 9.58. The molecule has 0 spiro atoms. The van der Waals surface area contributed by atoms with E-state index in [-0.39, 0.29) is 0 Å². The van der Waals surface area contributed by atoms with Gasteiger partial charge in [-0.2, -0.15) is 0 Å². The van der Waals surface area contributed by atoms with Gasteiger partial charge in [-0.3, -0.25) is 0 Å². The molecule has 1 heterocycles. The molecule has 1 saturated carbocycles. The first-order valence-corrected chi connectivity index (χ1v) is 7.93. The highest BCUT2D eigenvalue weighted by Gasteiger charge is 2.29. The maximum Gasteiger partial charge on any atom is 0.137 e. The lowest BCUT2D eigenvalue weighted by molar-refractivity contribution is 0.608. The van der Waals surface area contributed by atoms with Crippen LogP contribution in [0.5, 0.6) is 0 Å². The Morgan fingerprint density at radius 1 is 1.30 bits per heavy atom. The molecule has 1 aliphatic rings. The van der Waals surface area contributed by atoms with Crippen LogP contribution in [0.3, 0.4) is 0 Å². The first-order valence-electron chi connectivity index (χ1n) is 7.93. The molecule has 1 fully saturated rings. The summed E-state index contributed by atoms with van der Waals surface area (Å²) in [4.78, 5) is 11.9. The van der Waals surface area contributed by atoms with Crippen LogP contribution in [0.4, 0.5) is 11.6 Å². The highest BCUT2D eigenvalue weighted by Crippen LogP contribution is 2.40. The van der Waals surface area contributed by atoms with E-state index in [9.17, 15) is 0 Å². The minimum absolute atomic E-state index is 0.509. The summed E-state index contributed by atoms with van der Waals surface area (Å²) in [7, 11) is 2.15. The van der Waals surface area contributed by atoms with Crippen LogP contribution in [0.25, 0.3) is 0 Å². The van der Waals surface area contributed by atoms with Gasteiger partial charge in [0.25, 0.3) is 0 Å². The summed E-state index contributed by atoms with van der Waals surface area (Å²) in [6.07, 6.45) is 4.87. The van der Waals surface area contributed by atoms with E-state index in [4.69, 9.17) is 9.97 Å². The Labute approximate surface area is 123 Å². The Balaban J connectivity index is 2.34. The number of hydrogen-bond acceptors (Lipinski definition) is 4. The summed E-state index contributed by atoms with van der Waals surface area (Å²) in [6.45, 7) is 9.64. The zero-order chi connectivity index (χ0) is 14.7. The van der Waals surface area contributed by atoms with Gasteiger partial charge in [0.15, 0.2) is 0 Å². The van der Waals surface area contributed by atoms with Crippen LogP contribution in [0, 0.1) is 6.92 Å². The molecule has 0 saturated heterocycles. The zero-order valence-corrected chi connectivity index (χ0v) is 13.5. The number of hydrogen-bond donors (Lipinski definition) is 1. The van der Waals surface area contributed by atoms with Crippen molar-refractivity contribution in [2.75, 3.05) is 23.8 Å². The highest BCUT2D eigenvalue weighted by molar-refractivity contribution is 5.59. The van der Waals surface area contributed by atoms with Crippen LogP contribution in [0.15, 0.2) is 0 Å². The highest BCUT2D eigenvalue weighted by atomic mass is 15.2. The summed E-state index contributed by atoms with van der Waals surface area (Å²) in [5.41, 5.74) is 1.17. The van der Waals surface area contributed by atoms with E-state index in [1.54, 1.807) is 0 Å². The molecular formula is C16H28N4. The molecule has 1 aromatic rings. The molecule has 0 bridgehead atoms. The quantitative estimate of drug-likeness (QED) is 0.824. The lowest BCUT2D eigenvalue weighted by atomic mass is 10.1. The van der Waals surface area contributed by atoms with Crippen LogP contribution < -0.4 is 10.2 Å². The second-order valence-corrected chi connectivity index (χ2v) is 5.93. The van der Waals surface area contributed by atoms with Crippen molar-refractivity contribution in [3.05, 3.63) is 11.4 Å². The van der Waals surface area contributed by atoms with Crippen molar-refractivity contribution in [2.24, 2.45) is 0 Å². The van der Waals surface area contributed by atoms with Gasteiger partial charge in [0.2, 0.25) is 0 Å². The smallest absolute Gasteiger partial charge is 0.137 e. The van der Waals surface area contributed by atoms with Crippen molar-refractivity contribution in [1.29, 1.82) is 0 Å². The fourth-order valence-electron chi connectivity index (χ4n) is 2.55. The van der Waals surface area contributed by atoms with Gasteiger partial charge >= 0.3 is 0 Å². The van der Waals surface area contributed by atoms with E-state index >= 15 is 0 Å². The Morgan fingerprint density at radius 3 is 2.55 bits per heavy atom. The fraction of sp³-hybridized carbons (Fsp3) is 0.750. The predicted octanol–water partition coefficient (Wildman–Crippen LogP) is 3.72. The lowest BCUT2D eigenvalue weighted by Gasteiger charge is -2.28. The predicted molar refractivity (Wildman–Crippen MR) is 85.7 cm³/mol. The summed E-state index contributed by atoms with van der Waals surface area (Å²) >= 11 is 0. The van der Waals surface area contributed by atoms with E-state index in [0.717, 1.165) is 24.0 Å². The van der Waals surface area contributed by atoms with Crippen LogP contribution in [0.2, 0.25) is 0 Å². The number of nitrogens with one attached hydrogen (secondary N) is 1. The molecule has 112 valence electrons. The van der Waals surface area contributed by atoms with Gasteiger partial charge in [-0.15, -0.1) is 0 Å². The SMILES string of the molecule is CCCC(C)N(C)c1nc(C2CC2)nc(NCC)c1C. The Bertz CT molecular complexity index is 454. The van der Waals surface area contributed by atoms with Crippen LogP contribution >= 0.6 is 0 Å². The molecule has 1 aliphatic carbocycles. The third kappa shape index (κ3) is 3.22. The van der Waals surface area contributed by atoms with Crippen LogP contribution in [-0.4, -0.2) is 29.6 Å². The van der Waals surface area contributed by atoms with Crippen LogP contribution in [0.1, 0.15) is 63.8 Å². The molecule has 20 heavy (non-hydrogen) atoms. The summed E-state index contributed by atoms with van der Waals surface area (Å²) in [6, 6.07) is 0.509. The second kappa shape index (κ2) is 6.42. The average Bonchev–Trinajstić information content (AvgIpc) is 3.25. The maximum absolute atomic E-state index is 4.86. The zero-order valence-electron chi connectivity index (χ0n) is 13.5. The van der Waals surface area contributed by atoms with Gasteiger partial charge in [-0.25, -0.2) is 9.97 Å². The normalized spacial score (nSPS) is 16.1. The first kappa shape index (κ1) is 15.1. The van der Waals surface area contributed by atoms with Crippen molar-refractivity contribution < 1.29 is 0 Å². The topological polar surface area (TPSA) is 41.1 Å². The Hall–Kier alpha value is -1.32. The molecule has 1 N–H and O–H groups in total. The van der Waals surface area contributed by atoms with Gasteiger partial charge in [-0.05, 0) is 40.0 Å². The van der Waals surface area contributed by atoms with Crippen molar-refractivity contribution in [2.45, 2.75) is 65.3 Å². The largest absolute Gasteiger partial charge is 0.370 e. The number of nitrogens with zero attached hydrogens (tertiary/aromatic N) is 3. The second-order valence-electron chi connectivity index (χ2n) is 5.93. The van der Waals surface area contributed by atoms with Gasteiger partial charge in [0.1, 0.15) is 17.5 Å². The fourth-order valence-corrected chi connectivity index (χ4v) is 2.55. The maximum atomic E-state index is 4.86. The number of aromatic nitrogens is 2. The molecule has 1 aromatic heterocycles. The number of rotatable bonds is 7. The molecule has 4 heteroatoms. The third-order valence-electron chi connectivity index (χ3n) is 4.13. The van der Waals surface area contributed by atoms with E-state index in [2.05, 4.69) is 45.0 Å². The molecule has 0 radical (unpaired) electrons. The molecule has 0 aromatic carbocycles. The standard InChI is InChI=1S/C16H28N4/c1-6-8-11(3)20(5)16-12(4)14(17-7-2)18-15(19-16)13-9-10-13/h11,13H,6-10H2,1-5H3,(H,17,18,19). The van der Waals surface area contributed by atoms with Crippen molar-refractivity contribution in [3.8, 4) is 0 Å². The van der Waals surface area contributed by atoms with Crippen molar-refractivity contribution in [1.82, 2.24) is 9.97 Å². The molecule has 2 rings (SSSR count). The van der Waals surface area contributed by atoms with E-state index in [1.807, 2.05) is 0 Å². The number of anilines is 2. The molecule has 0 aliphatic heterocycles. The Kier molecular flexibility index (Phi) is 4.84. The van der Waals surface area contributed by atoms with Gasteiger partial charge < -0.3 is 10.2 Å². The third-order valence-corrected chi connectivity index (χ3v) is 4.13. The minimum atomic E-state index is 0.509. The van der Waals surface area contributed by atoms with Gasteiger partial charge in [0, 0.05) is 31.1 Å².